The van der Waals surface area contributed by atoms with Crippen LogP contribution in [0.4, 0.5) is 5.69 Å². The van der Waals surface area contributed by atoms with Crippen molar-refractivity contribution in [1.82, 2.24) is 10.1 Å². The number of nitrogens with zero attached hydrogens (tertiary/aromatic N) is 2. The van der Waals surface area contributed by atoms with Gasteiger partial charge in [0.1, 0.15) is 0 Å². The number of hydrogen-bond acceptors (Lipinski definition) is 8. The number of fused-ring (bicyclic) bond motifs is 4. The number of amides is 4. The van der Waals surface area contributed by atoms with Gasteiger partial charge in [-0.2, -0.15) is 10.1 Å². The lowest BCUT2D eigenvalue weighted by molar-refractivity contribution is -0.173. The Morgan fingerprint density at radius 3 is 2.36 bits per heavy atom. The van der Waals surface area contributed by atoms with Crippen molar-refractivity contribution in [2.24, 2.45) is 23.7 Å². The third kappa shape index (κ3) is 4.16. The van der Waals surface area contributed by atoms with E-state index in [4.69, 9.17) is 4.74 Å². The van der Waals surface area contributed by atoms with Crippen LogP contribution in [0.1, 0.15) is 35.4 Å². The van der Waals surface area contributed by atoms with Crippen molar-refractivity contribution in [1.29, 1.82) is 0 Å². The van der Waals surface area contributed by atoms with E-state index in [9.17, 15) is 24.7 Å². The molecule has 0 spiro atoms. The average molecular weight is 720 g/mol. The summed E-state index contributed by atoms with van der Waals surface area (Å²) in [6.07, 6.45) is 2.22. The first-order chi connectivity index (χ1) is 21.6. The van der Waals surface area contributed by atoms with Gasteiger partial charge < -0.3 is 9.84 Å². The van der Waals surface area contributed by atoms with E-state index in [1.807, 2.05) is 78.1 Å². The number of hydroxylamine groups is 2. The average Bonchev–Trinajstić information content (AvgIpc) is 3.40. The molecule has 4 amide bonds. The summed E-state index contributed by atoms with van der Waals surface area (Å²) in [5.41, 5.74) is 5.19. The third-order valence-corrected chi connectivity index (χ3v) is 10.8. The smallest absolute Gasteiger partial charge is 0.260 e. The molecule has 11 heteroatoms. The molecule has 2 aliphatic heterocycles. The van der Waals surface area contributed by atoms with Crippen LogP contribution in [-0.2, 0) is 24.6 Å². The van der Waals surface area contributed by atoms with E-state index in [1.54, 1.807) is 24.3 Å². The van der Waals surface area contributed by atoms with E-state index >= 15 is 4.79 Å². The largest absolute Gasteiger partial charge is 0.504 e. The first kappa shape index (κ1) is 29.5. The van der Waals surface area contributed by atoms with E-state index in [2.05, 4.69) is 5.43 Å². The second-order valence-electron chi connectivity index (χ2n) is 12.1. The van der Waals surface area contributed by atoms with Crippen LogP contribution in [-0.4, -0.2) is 51.1 Å². The zero-order valence-corrected chi connectivity index (χ0v) is 26.6. The van der Waals surface area contributed by atoms with Crippen molar-refractivity contribution in [2.45, 2.75) is 31.1 Å². The number of allylic oxidation sites excluding steroid dienone is 2. The van der Waals surface area contributed by atoms with Gasteiger partial charge in [-0.15, -0.1) is 0 Å². The van der Waals surface area contributed by atoms with Crippen LogP contribution < -0.4 is 10.2 Å². The monoisotopic (exact) mass is 719 g/mol. The van der Waals surface area contributed by atoms with Gasteiger partial charge in [0.05, 0.1) is 39.5 Å². The summed E-state index contributed by atoms with van der Waals surface area (Å²) in [5.74, 6) is -6.04. The number of anilines is 1. The molecule has 4 aliphatic rings. The second kappa shape index (κ2) is 10.7. The zero-order valence-electron chi connectivity index (χ0n) is 24.4. The number of aromatic hydroxyl groups is 1. The molecule has 2 saturated heterocycles. The van der Waals surface area contributed by atoms with Gasteiger partial charge in [-0.3, -0.25) is 29.8 Å². The van der Waals surface area contributed by atoms with Crippen molar-refractivity contribution in [2.75, 3.05) is 12.5 Å². The maximum absolute atomic E-state index is 15.1. The quantitative estimate of drug-likeness (QED) is 0.150. The molecular weight excluding hydrogens is 689 g/mol. The van der Waals surface area contributed by atoms with Crippen LogP contribution in [0.2, 0.25) is 0 Å². The van der Waals surface area contributed by atoms with Gasteiger partial charge in [-0.05, 0) is 83.7 Å². The van der Waals surface area contributed by atoms with E-state index < -0.39 is 58.6 Å². The molecule has 0 aromatic heterocycles. The van der Waals surface area contributed by atoms with Gasteiger partial charge in [-0.1, -0.05) is 59.7 Å². The molecule has 0 radical (unpaired) electrons. The predicted molar refractivity (Wildman–Crippen MR) is 170 cm³/mol. The van der Waals surface area contributed by atoms with Gasteiger partial charge in [0.2, 0.25) is 0 Å². The summed E-state index contributed by atoms with van der Waals surface area (Å²) in [7, 11) is 1.44. The lowest BCUT2D eigenvalue weighted by Gasteiger charge is -2.50. The minimum atomic E-state index is -1.44. The lowest BCUT2D eigenvalue weighted by atomic mass is 9.49. The highest BCUT2D eigenvalue weighted by Crippen LogP contribution is 2.64. The first-order valence-electron chi connectivity index (χ1n) is 14.7. The van der Waals surface area contributed by atoms with E-state index in [1.165, 1.54) is 7.11 Å². The van der Waals surface area contributed by atoms with Crippen LogP contribution in [0.15, 0.2) is 78.4 Å². The number of phenols is 1. The molecule has 45 heavy (non-hydrogen) atoms. The molecular formula is C34H30IN3O7. The van der Waals surface area contributed by atoms with Gasteiger partial charge in [0.25, 0.3) is 23.6 Å². The second-order valence-corrected chi connectivity index (χ2v) is 13.3. The van der Waals surface area contributed by atoms with E-state index in [-0.39, 0.29) is 29.4 Å². The lowest BCUT2D eigenvalue weighted by Crippen LogP contribution is -2.53. The van der Waals surface area contributed by atoms with Crippen LogP contribution in [0, 0.1) is 34.2 Å². The van der Waals surface area contributed by atoms with E-state index in [0.29, 0.717) is 20.4 Å². The van der Waals surface area contributed by atoms with Crippen LogP contribution in [0.25, 0.3) is 0 Å². The molecule has 230 valence electrons. The summed E-state index contributed by atoms with van der Waals surface area (Å²) in [6.45, 7) is 1.94. The molecule has 1 saturated carbocycles. The molecule has 3 N–H and O–H groups in total. The number of imide groups is 2. The molecule has 3 fully saturated rings. The highest BCUT2D eigenvalue weighted by Gasteiger charge is 2.70. The fourth-order valence-electron chi connectivity index (χ4n) is 8.02. The number of phenolic OH excluding ortho intramolecular Hbond substituents is 1. The number of methoxy groups -OCH3 is 1. The summed E-state index contributed by atoms with van der Waals surface area (Å²) in [5, 5.41) is 22.4. The number of benzene rings is 3. The Bertz CT molecular complexity index is 1790. The highest BCUT2D eigenvalue weighted by atomic mass is 127. The molecule has 6 unspecified atom stereocenters. The minimum Gasteiger partial charge on any atom is -0.504 e. The Kier molecular flexibility index (Phi) is 7.00. The van der Waals surface area contributed by atoms with Crippen molar-refractivity contribution < 1.29 is 34.2 Å². The molecule has 3 aromatic rings. The third-order valence-electron chi connectivity index (χ3n) is 9.97. The zero-order chi connectivity index (χ0) is 31.8. The number of halogens is 1. The highest BCUT2D eigenvalue weighted by molar-refractivity contribution is 14.1. The molecule has 2 heterocycles. The number of hydrogen-bond donors (Lipinski definition) is 3. The predicted octanol–water partition coefficient (Wildman–Crippen LogP) is 4.69. The number of ether oxygens (including phenoxy) is 1. The molecule has 7 rings (SSSR count). The Morgan fingerprint density at radius 1 is 0.956 bits per heavy atom. The molecule has 0 bridgehead atoms. The maximum atomic E-state index is 15.1. The summed E-state index contributed by atoms with van der Waals surface area (Å²) in [6, 6.07) is 20.0. The Labute approximate surface area is 272 Å². The van der Waals surface area contributed by atoms with Gasteiger partial charge in [0.15, 0.2) is 11.5 Å². The maximum Gasteiger partial charge on any atom is 0.260 e. The fourth-order valence-corrected chi connectivity index (χ4v) is 8.65. The Hall–Kier alpha value is -4.23. The molecule has 3 aromatic carbocycles. The Morgan fingerprint density at radius 2 is 1.67 bits per heavy atom. The number of nitrogens with one attached hydrogen (secondary N) is 1. The first-order valence-corrected chi connectivity index (χ1v) is 15.8. The van der Waals surface area contributed by atoms with Crippen molar-refractivity contribution in [3.8, 4) is 11.5 Å². The Balaban J connectivity index is 1.49. The van der Waals surface area contributed by atoms with Crippen LogP contribution >= 0.6 is 22.6 Å². The van der Waals surface area contributed by atoms with Crippen molar-refractivity contribution in [3.63, 3.8) is 0 Å². The fraction of sp³-hybridized carbons (Fsp3) is 0.294. The van der Waals surface area contributed by atoms with Crippen LogP contribution in [0.5, 0.6) is 11.5 Å². The van der Waals surface area contributed by atoms with Crippen molar-refractivity contribution >= 4 is 51.9 Å². The standard InChI is InChI=1S/C34H30IN3O7/c1-17-8-10-20(11-9-17)36-37-31(41)24-16-23-21(12-13-22-27(23)32(42)38(44)30(22)40)28(18-14-25(35)29(39)26(15-18)45-2)34(24,33(37)43)19-6-4-3-5-7-19/h3-12,14-15,22-24,27-28,36,39,44H,13,16H2,1-2H3. The van der Waals surface area contributed by atoms with Crippen molar-refractivity contribution in [3.05, 3.63) is 98.6 Å². The number of carbonyl (C=O) groups excluding carboxylic acids is 4. The summed E-state index contributed by atoms with van der Waals surface area (Å²) in [4.78, 5) is 55.9. The molecule has 6 atom stereocenters. The topological polar surface area (TPSA) is 136 Å². The number of rotatable bonds is 5. The molecule has 2 aliphatic carbocycles. The minimum absolute atomic E-state index is 0.0545. The normalized spacial score (nSPS) is 28.9. The van der Waals surface area contributed by atoms with Gasteiger partial charge >= 0.3 is 0 Å². The number of carbonyl (C=O) groups is 4. The number of hydrazine groups is 1. The van der Waals surface area contributed by atoms with Crippen LogP contribution in [0.3, 0.4) is 0 Å². The summed E-state index contributed by atoms with van der Waals surface area (Å²) < 4.78 is 6.01. The molecule has 10 nitrogen and oxygen atoms in total. The number of aryl methyl sites for hydroxylation is 1. The SMILES string of the molecule is COc1cc(C2C3=CCC4C(=O)N(O)C(=O)C4C3CC3C(=O)N(Nc4ccc(C)cc4)C(=O)C32c2ccccc2)cc(I)c1O. The van der Waals surface area contributed by atoms with Gasteiger partial charge in [0, 0.05) is 5.92 Å². The summed E-state index contributed by atoms with van der Waals surface area (Å²) >= 11 is 2.00. The van der Waals surface area contributed by atoms with Gasteiger partial charge in [-0.25, -0.2) is 0 Å². The van der Waals surface area contributed by atoms with E-state index in [0.717, 1.165) is 16.1 Å².